The Labute approximate surface area is 157 Å². The van der Waals surface area contributed by atoms with Crippen LogP contribution in [0, 0.1) is 5.82 Å². The highest BCUT2D eigenvalue weighted by Gasteiger charge is 2.14. The maximum atomic E-state index is 12.9. The second kappa shape index (κ2) is 8.07. The number of hydrogen-bond acceptors (Lipinski definition) is 5. The van der Waals surface area contributed by atoms with E-state index >= 15 is 0 Å². The molecule has 2 N–H and O–H groups in total. The maximum Gasteiger partial charge on any atom is 0.282 e. The molecule has 3 aromatic rings. The summed E-state index contributed by atoms with van der Waals surface area (Å²) in [6, 6.07) is 12.4. The molecular formula is C18H13ClFN3O2S. The molecule has 0 aliphatic carbocycles. The monoisotopic (exact) mass is 389 g/mol. The van der Waals surface area contributed by atoms with Crippen molar-refractivity contribution < 1.29 is 14.3 Å². The second-order valence-corrected chi connectivity index (χ2v) is 6.69. The summed E-state index contributed by atoms with van der Waals surface area (Å²) < 4.78 is 12.9. The Morgan fingerprint density at radius 2 is 1.77 bits per heavy atom. The van der Waals surface area contributed by atoms with Crippen molar-refractivity contribution in [1.29, 1.82) is 0 Å². The van der Waals surface area contributed by atoms with Crippen molar-refractivity contribution in [1.82, 2.24) is 15.5 Å². The number of nitrogens with zero attached hydrogens (tertiary/aromatic N) is 2. The lowest BCUT2D eigenvalue weighted by atomic mass is 10.2. The number of amides is 1. The summed E-state index contributed by atoms with van der Waals surface area (Å²) in [6.07, 6.45) is 1.67. The van der Waals surface area contributed by atoms with Gasteiger partial charge in [0.2, 0.25) is 5.01 Å². The Balaban J connectivity index is 1.65. The van der Waals surface area contributed by atoms with Crippen molar-refractivity contribution in [2.75, 3.05) is 0 Å². The molecule has 1 aromatic heterocycles. The predicted molar refractivity (Wildman–Crippen MR) is 99.3 cm³/mol. The first-order valence-corrected chi connectivity index (χ1v) is 8.73. The number of benzene rings is 2. The Hall–Kier alpha value is -2.77. The summed E-state index contributed by atoms with van der Waals surface area (Å²) >= 11 is 7.29. The van der Waals surface area contributed by atoms with Crippen LogP contribution in [0.3, 0.4) is 0 Å². The molecule has 8 heteroatoms. The lowest BCUT2D eigenvalue weighted by Gasteiger charge is -2.02. The summed E-state index contributed by atoms with van der Waals surface area (Å²) in [5.74, 6) is -0.551. The molecule has 3 rings (SSSR count). The number of rotatable bonds is 5. The Bertz CT molecular complexity index is 940. The van der Waals surface area contributed by atoms with Crippen LogP contribution in [0.1, 0.15) is 25.9 Å². The van der Waals surface area contributed by atoms with Gasteiger partial charge in [0.05, 0.1) is 5.03 Å². The Morgan fingerprint density at radius 1 is 1.12 bits per heavy atom. The number of carbonyl (C=O) groups is 1. The average Bonchev–Trinajstić information content (AvgIpc) is 3.13. The molecule has 2 aromatic carbocycles. The van der Waals surface area contributed by atoms with Crippen LogP contribution in [0.15, 0.2) is 48.5 Å². The first kappa shape index (κ1) is 18.0. The predicted octanol–water partition coefficient (Wildman–Crippen LogP) is 4.05. The van der Waals surface area contributed by atoms with E-state index in [1.807, 2.05) is 0 Å². The van der Waals surface area contributed by atoms with Crippen LogP contribution < -0.4 is 5.32 Å². The van der Waals surface area contributed by atoms with E-state index in [0.717, 1.165) is 22.5 Å². The normalized spacial score (nSPS) is 11.4. The van der Waals surface area contributed by atoms with Crippen molar-refractivity contribution in [3.63, 3.8) is 0 Å². The van der Waals surface area contributed by atoms with Crippen molar-refractivity contribution in [2.24, 2.45) is 0 Å². The van der Waals surface area contributed by atoms with E-state index in [9.17, 15) is 14.3 Å². The molecule has 0 bridgehead atoms. The highest BCUT2D eigenvalue weighted by Crippen LogP contribution is 2.25. The zero-order chi connectivity index (χ0) is 18.5. The molecule has 1 amide bonds. The van der Waals surface area contributed by atoms with Crippen LogP contribution in [0.4, 0.5) is 4.39 Å². The molecular weight excluding hydrogens is 377 g/mol. The van der Waals surface area contributed by atoms with Crippen LogP contribution in [-0.4, -0.2) is 21.2 Å². The smallest absolute Gasteiger partial charge is 0.282 e. The molecule has 0 aliphatic rings. The molecule has 0 atom stereocenters. The fraction of sp³-hybridized carbons (Fsp3) is 0.0556. The molecule has 132 valence electrons. The number of halogens is 2. The zero-order valence-electron chi connectivity index (χ0n) is 13.3. The molecule has 0 saturated heterocycles. The number of aromatic hydroxyl groups is 1. The van der Waals surface area contributed by atoms with Gasteiger partial charge in [-0.25, -0.2) is 4.39 Å². The molecule has 5 nitrogen and oxygen atoms in total. The Morgan fingerprint density at radius 3 is 2.46 bits per heavy atom. The van der Waals surface area contributed by atoms with Crippen LogP contribution >= 0.6 is 22.9 Å². The van der Waals surface area contributed by atoms with Gasteiger partial charge in [-0.3, -0.25) is 4.79 Å². The average molecular weight is 390 g/mol. The van der Waals surface area contributed by atoms with E-state index in [-0.39, 0.29) is 29.0 Å². The van der Waals surface area contributed by atoms with E-state index in [0.29, 0.717) is 10.0 Å². The van der Waals surface area contributed by atoms with Gasteiger partial charge in [0.25, 0.3) is 5.91 Å². The van der Waals surface area contributed by atoms with Crippen molar-refractivity contribution in [3.05, 3.63) is 75.5 Å². The number of phenols is 1. The number of aromatic nitrogens is 2. The van der Waals surface area contributed by atoms with Crippen LogP contribution in [0.5, 0.6) is 5.75 Å². The Kier molecular flexibility index (Phi) is 5.60. The van der Waals surface area contributed by atoms with E-state index in [4.69, 9.17) is 11.6 Å². The van der Waals surface area contributed by atoms with Crippen LogP contribution in [0.2, 0.25) is 0 Å². The summed E-state index contributed by atoms with van der Waals surface area (Å²) in [7, 11) is 0. The molecule has 0 saturated carbocycles. The topological polar surface area (TPSA) is 75.1 Å². The first-order valence-electron chi connectivity index (χ1n) is 7.54. The van der Waals surface area contributed by atoms with Gasteiger partial charge in [-0.2, -0.15) is 0 Å². The van der Waals surface area contributed by atoms with Crippen LogP contribution in [0.25, 0.3) is 11.1 Å². The van der Waals surface area contributed by atoms with Gasteiger partial charge in [0.1, 0.15) is 11.6 Å². The largest absolute Gasteiger partial charge is 0.508 e. The van der Waals surface area contributed by atoms with Crippen molar-refractivity contribution in [3.8, 4) is 5.75 Å². The minimum atomic E-state index is -0.382. The van der Waals surface area contributed by atoms with E-state index in [1.54, 1.807) is 42.5 Å². The number of phenolic OH excluding ortho intramolecular Hbond substituents is 1. The number of carbonyl (C=O) groups excluding carboxylic acids is 1. The van der Waals surface area contributed by atoms with Crippen molar-refractivity contribution in [2.45, 2.75) is 6.54 Å². The third-order valence-corrected chi connectivity index (χ3v) is 4.73. The highest BCUT2D eigenvalue weighted by molar-refractivity contribution is 7.15. The van der Waals surface area contributed by atoms with Gasteiger partial charge in [-0.15, -0.1) is 10.2 Å². The highest BCUT2D eigenvalue weighted by atomic mass is 35.5. The molecule has 0 fully saturated rings. The van der Waals surface area contributed by atoms with Gasteiger partial charge >= 0.3 is 0 Å². The zero-order valence-corrected chi connectivity index (χ0v) is 14.9. The number of hydrogen-bond donors (Lipinski definition) is 2. The minimum absolute atomic E-state index is 0.161. The molecule has 0 radical (unpaired) electrons. The summed E-state index contributed by atoms with van der Waals surface area (Å²) in [5.41, 5.74) is 1.56. The number of nitrogens with one attached hydrogen (secondary N) is 1. The summed E-state index contributed by atoms with van der Waals surface area (Å²) in [6.45, 7) is 0.255. The summed E-state index contributed by atoms with van der Waals surface area (Å²) in [4.78, 5) is 12.1. The van der Waals surface area contributed by atoms with Gasteiger partial charge in [0.15, 0.2) is 5.01 Å². The third kappa shape index (κ3) is 4.65. The lowest BCUT2D eigenvalue weighted by Crippen LogP contribution is -2.22. The van der Waals surface area contributed by atoms with Crippen molar-refractivity contribution >= 4 is 40.0 Å². The van der Waals surface area contributed by atoms with Gasteiger partial charge in [0, 0.05) is 6.54 Å². The fourth-order valence-electron chi connectivity index (χ4n) is 2.05. The first-order chi connectivity index (χ1) is 12.5. The molecule has 26 heavy (non-hydrogen) atoms. The van der Waals surface area contributed by atoms with E-state index in [2.05, 4.69) is 15.5 Å². The SMILES string of the molecule is O=C(NCc1ccc(F)cc1)c1nnc(/C(Cl)=C/c2ccc(O)cc2)s1. The second-order valence-electron chi connectivity index (χ2n) is 5.31. The molecule has 0 spiro atoms. The lowest BCUT2D eigenvalue weighted by molar-refractivity contribution is 0.0950. The summed E-state index contributed by atoms with van der Waals surface area (Å²) in [5, 5.41) is 20.7. The van der Waals surface area contributed by atoms with E-state index < -0.39 is 0 Å². The molecule has 1 heterocycles. The standard InChI is InChI=1S/C18H13ClFN3O2S/c19-15(9-11-3-7-14(24)8-4-11)17-22-23-18(26-17)16(25)21-10-12-1-5-13(20)6-2-12/h1-9,24H,10H2,(H,21,25)/b15-9-. The van der Waals surface area contributed by atoms with Crippen LogP contribution in [-0.2, 0) is 6.54 Å². The van der Waals surface area contributed by atoms with Gasteiger partial charge < -0.3 is 10.4 Å². The quantitative estimate of drug-likeness (QED) is 0.690. The molecule has 0 aliphatic heterocycles. The fourth-order valence-corrected chi connectivity index (χ4v) is 3.00. The minimum Gasteiger partial charge on any atom is -0.508 e. The maximum absolute atomic E-state index is 12.9. The third-order valence-electron chi connectivity index (χ3n) is 3.38. The van der Waals surface area contributed by atoms with Gasteiger partial charge in [-0.1, -0.05) is 47.2 Å². The van der Waals surface area contributed by atoms with E-state index in [1.165, 1.54) is 12.1 Å². The van der Waals surface area contributed by atoms with Gasteiger partial charge in [-0.05, 0) is 41.5 Å². The molecule has 0 unspecified atom stereocenters.